The van der Waals surface area contributed by atoms with Gasteiger partial charge in [0, 0.05) is 6.54 Å². The van der Waals surface area contributed by atoms with Crippen molar-refractivity contribution in [3.8, 4) is 0 Å². The van der Waals surface area contributed by atoms with Crippen LogP contribution in [0.25, 0.3) is 0 Å². The standard InChI is InChI=1S/C17H30N2O2/c1-5-16(4)14(20)18-17(10-7-6-8-11-17)15(21)19(16)12-9-13(2)3/h13H,5-12H2,1-4H3,(H,18,20). The van der Waals surface area contributed by atoms with Crippen molar-refractivity contribution in [1.29, 1.82) is 0 Å². The summed E-state index contributed by atoms with van der Waals surface area (Å²) in [5.74, 6) is 0.730. The summed E-state index contributed by atoms with van der Waals surface area (Å²) in [6.07, 6.45) is 6.45. The number of amides is 2. The molecule has 2 rings (SSSR count). The van der Waals surface area contributed by atoms with Gasteiger partial charge in [-0.05, 0) is 38.5 Å². The fourth-order valence-electron chi connectivity index (χ4n) is 3.59. The molecule has 0 bridgehead atoms. The van der Waals surface area contributed by atoms with E-state index >= 15 is 0 Å². The number of piperazine rings is 1. The molecule has 2 amide bonds. The van der Waals surface area contributed by atoms with Crippen LogP contribution in [0.4, 0.5) is 0 Å². The summed E-state index contributed by atoms with van der Waals surface area (Å²) in [5, 5.41) is 3.11. The summed E-state index contributed by atoms with van der Waals surface area (Å²) in [6, 6.07) is 0. The van der Waals surface area contributed by atoms with Crippen LogP contribution in [0, 0.1) is 5.92 Å². The van der Waals surface area contributed by atoms with Crippen molar-refractivity contribution in [3.05, 3.63) is 0 Å². The number of carbonyl (C=O) groups excluding carboxylic acids is 2. The van der Waals surface area contributed by atoms with Gasteiger partial charge in [0.1, 0.15) is 11.1 Å². The predicted molar refractivity (Wildman–Crippen MR) is 83.8 cm³/mol. The molecule has 1 spiro atoms. The molecule has 21 heavy (non-hydrogen) atoms. The van der Waals surface area contributed by atoms with Crippen LogP contribution in [-0.2, 0) is 9.59 Å². The van der Waals surface area contributed by atoms with Crippen molar-refractivity contribution in [1.82, 2.24) is 10.2 Å². The lowest BCUT2D eigenvalue weighted by Crippen LogP contribution is -2.75. The number of carbonyl (C=O) groups is 2. The van der Waals surface area contributed by atoms with Gasteiger partial charge in [0.15, 0.2) is 0 Å². The lowest BCUT2D eigenvalue weighted by atomic mass is 9.75. The predicted octanol–water partition coefficient (Wildman–Crippen LogP) is 2.86. The first kappa shape index (κ1) is 16.3. The lowest BCUT2D eigenvalue weighted by Gasteiger charge is -2.52. The van der Waals surface area contributed by atoms with Gasteiger partial charge in [0.2, 0.25) is 11.8 Å². The normalized spacial score (nSPS) is 29.1. The van der Waals surface area contributed by atoms with Crippen LogP contribution >= 0.6 is 0 Å². The van der Waals surface area contributed by atoms with Crippen LogP contribution in [-0.4, -0.2) is 34.3 Å². The number of hydrogen-bond acceptors (Lipinski definition) is 2. The Morgan fingerprint density at radius 2 is 1.81 bits per heavy atom. The minimum atomic E-state index is -0.686. The molecule has 1 aliphatic heterocycles. The van der Waals surface area contributed by atoms with Crippen molar-refractivity contribution in [3.63, 3.8) is 0 Å². The first-order valence-corrected chi connectivity index (χ1v) is 8.50. The third-order valence-electron chi connectivity index (χ3n) is 5.42. The van der Waals surface area contributed by atoms with Crippen LogP contribution in [0.2, 0.25) is 0 Å². The van der Waals surface area contributed by atoms with Gasteiger partial charge in [-0.2, -0.15) is 0 Å². The van der Waals surface area contributed by atoms with Crippen molar-refractivity contribution in [2.75, 3.05) is 6.54 Å². The van der Waals surface area contributed by atoms with Crippen LogP contribution in [0.5, 0.6) is 0 Å². The zero-order valence-electron chi connectivity index (χ0n) is 14.0. The summed E-state index contributed by atoms with van der Waals surface area (Å²) in [7, 11) is 0. The van der Waals surface area contributed by atoms with Gasteiger partial charge in [0.25, 0.3) is 0 Å². The Morgan fingerprint density at radius 1 is 1.19 bits per heavy atom. The molecule has 1 saturated carbocycles. The molecule has 1 unspecified atom stereocenters. The molecular weight excluding hydrogens is 264 g/mol. The molecule has 1 heterocycles. The second kappa shape index (κ2) is 5.98. The van der Waals surface area contributed by atoms with Crippen molar-refractivity contribution in [2.24, 2.45) is 5.92 Å². The van der Waals surface area contributed by atoms with E-state index in [0.29, 0.717) is 18.9 Å². The van der Waals surface area contributed by atoms with Gasteiger partial charge < -0.3 is 10.2 Å². The van der Waals surface area contributed by atoms with E-state index in [4.69, 9.17) is 0 Å². The average Bonchev–Trinajstić information content (AvgIpc) is 2.46. The molecule has 1 aliphatic carbocycles. The summed E-state index contributed by atoms with van der Waals surface area (Å²) < 4.78 is 0. The van der Waals surface area contributed by atoms with E-state index in [2.05, 4.69) is 19.2 Å². The lowest BCUT2D eigenvalue weighted by molar-refractivity contribution is -0.164. The highest BCUT2D eigenvalue weighted by Gasteiger charge is 2.55. The molecule has 1 atom stereocenters. The first-order chi connectivity index (χ1) is 9.85. The average molecular weight is 294 g/mol. The molecule has 1 saturated heterocycles. The number of nitrogens with one attached hydrogen (secondary N) is 1. The fraction of sp³-hybridized carbons (Fsp3) is 0.882. The molecule has 0 aromatic heterocycles. The van der Waals surface area contributed by atoms with E-state index in [1.807, 2.05) is 18.7 Å². The quantitative estimate of drug-likeness (QED) is 0.866. The number of nitrogens with zero attached hydrogens (tertiary/aromatic N) is 1. The first-order valence-electron chi connectivity index (χ1n) is 8.50. The second-order valence-electron chi connectivity index (χ2n) is 7.36. The summed E-state index contributed by atoms with van der Waals surface area (Å²) in [4.78, 5) is 27.7. The molecule has 120 valence electrons. The van der Waals surface area contributed by atoms with Gasteiger partial charge in [-0.1, -0.05) is 40.0 Å². The van der Waals surface area contributed by atoms with E-state index in [0.717, 1.165) is 32.1 Å². The Labute approximate surface area is 128 Å². The van der Waals surface area contributed by atoms with Gasteiger partial charge in [0.05, 0.1) is 0 Å². The monoisotopic (exact) mass is 294 g/mol. The Balaban J connectivity index is 2.29. The second-order valence-corrected chi connectivity index (χ2v) is 7.36. The topological polar surface area (TPSA) is 49.4 Å². The van der Waals surface area contributed by atoms with Crippen molar-refractivity contribution >= 4 is 11.8 Å². The largest absolute Gasteiger partial charge is 0.340 e. The van der Waals surface area contributed by atoms with Gasteiger partial charge in [-0.3, -0.25) is 9.59 Å². The molecule has 2 aliphatic rings. The molecule has 0 aromatic carbocycles. The highest BCUT2D eigenvalue weighted by molar-refractivity contribution is 6.02. The third-order valence-corrected chi connectivity index (χ3v) is 5.42. The zero-order chi connectivity index (χ0) is 15.7. The van der Waals surface area contributed by atoms with Crippen LogP contribution < -0.4 is 5.32 Å². The zero-order valence-corrected chi connectivity index (χ0v) is 14.0. The maximum atomic E-state index is 13.1. The Bertz CT molecular complexity index is 413. The number of hydrogen-bond donors (Lipinski definition) is 1. The summed E-state index contributed by atoms with van der Waals surface area (Å²) >= 11 is 0. The minimum absolute atomic E-state index is 0.0373. The van der Waals surface area contributed by atoms with E-state index in [1.165, 1.54) is 6.42 Å². The molecule has 4 heteroatoms. The van der Waals surface area contributed by atoms with E-state index in [-0.39, 0.29) is 11.8 Å². The molecular formula is C17H30N2O2. The Morgan fingerprint density at radius 3 is 2.33 bits per heavy atom. The maximum absolute atomic E-state index is 13.1. The van der Waals surface area contributed by atoms with Crippen LogP contribution in [0.1, 0.15) is 72.6 Å². The van der Waals surface area contributed by atoms with Crippen LogP contribution in [0.15, 0.2) is 0 Å². The van der Waals surface area contributed by atoms with Gasteiger partial charge in [-0.25, -0.2) is 0 Å². The SMILES string of the molecule is CCC1(C)C(=O)NC2(CCCCC2)C(=O)N1CCC(C)C. The molecule has 1 N–H and O–H groups in total. The fourth-order valence-corrected chi connectivity index (χ4v) is 3.59. The summed E-state index contributed by atoms with van der Waals surface area (Å²) in [6.45, 7) is 8.92. The van der Waals surface area contributed by atoms with Crippen molar-refractivity contribution in [2.45, 2.75) is 83.7 Å². The number of rotatable bonds is 4. The highest BCUT2D eigenvalue weighted by Crippen LogP contribution is 2.37. The van der Waals surface area contributed by atoms with Gasteiger partial charge >= 0.3 is 0 Å². The van der Waals surface area contributed by atoms with E-state index in [9.17, 15) is 9.59 Å². The van der Waals surface area contributed by atoms with Crippen molar-refractivity contribution < 1.29 is 9.59 Å². The molecule has 2 fully saturated rings. The summed E-state index contributed by atoms with van der Waals surface area (Å²) in [5.41, 5.74) is -1.30. The smallest absolute Gasteiger partial charge is 0.249 e. The van der Waals surface area contributed by atoms with Crippen LogP contribution in [0.3, 0.4) is 0 Å². The Kier molecular flexibility index (Phi) is 4.64. The minimum Gasteiger partial charge on any atom is -0.340 e. The maximum Gasteiger partial charge on any atom is 0.249 e. The third kappa shape index (κ3) is 2.82. The highest BCUT2D eigenvalue weighted by atomic mass is 16.2. The molecule has 0 aromatic rings. The van der Waals surface area contributed by atoms with E-state index < -0.39 is 11.1 Å². The molecule has 0 radical (unpaired) electrons. The van der Waals surface area contributed by atoms with E-state index in [1.54, 1.807) is 0 Å². The Hall–Kier alpha value is -1.06. The molecule has 4 nitrogen and oxygen atoms in total. The van der Waals surface area contributed by atoms with Gasteiger partial charge in [-0.15, -0.1) is 0 Å².